The number of aromatic nitrogens is 2. The third-order valence-electron chi connectivity index (χ3n) is 5.97. The molecule has 0 bridgehead atoms. The number of carbonyl (C=O) groups is 1. The summed E-state index contributed by atoms with van der Waals surface area (Å²) in [6, 6.07) is 12.1. The second-order valence-corrected chi connectivity index (χ2v) is 8.43. The van der Waals surface area contributed by atoms with Gasteiger partial charge in [0.2, 0.25) is 5.91 Å². The Kier molecular flexibility index (Phi) is 6.47. The van der Waals surface area contributed by atoms with Crippen LogP contribution in [0.4, 0.5) is 5.82 Å². The van der Waals surface area contributed by atoms with Crippen molar-refractivity contribution in [2.24, 2.45) is 5.92 Å². The molecule has 2 unspecified atom stereocenters. The predicted molar refractivity (Wildman–Crippen MR) is 124 cm³/mol. The molecule has 1 aromatic carbocycles. The molecule has 1 aliphatic heterocycles. The Balaban J connectivity index is 1.46. The van der Waals surface area contributed by atoms with Gasteiger partial charge in [-0.3, -0.25) is 9.78 Å². The zero-order chi connectivity index (χ0) is 21.8. The zero-order valence-electron chi connectivity index (χ0n) is 18.2. The number of nitrogens with one attached hydrogen (secondary N) is 1. The van der Waals surface area contributed by atoms with Gasteiger partial charge in [-0.05, 0) is 68.0 Å². The van der Waals surface area contributed by atoms with Crippen molar-refractivity contribution in [3.05, 3.63) is 53.7 Å². The van der Waals surface area contributed by atoms with Gasteiger partial charge in [0.1, 0.15) is 5.82 Å². The lowest BCUT2D eigenvalue weighted by molar-refractivity contribution is -0.124. The van der Waals surface area contributed by atoms with E-state index in [0.717, 1.165) is 59.2 Å². The fourth-order valence-corrected chi connectivity index (χ4v) is 4.16. The van der Waals surface area contributed by atoms with Crippen molar-refractivity contribution in [3.63, 3.8) is 0 Å². The molecule has 3 heterocycles. The van der Waals surface area contributed by atoms with Crippen molar-refractivity contribution in [2.45, 2.75) is 45.6 Å². The lowest BCUT2D eigenvalue weighted by Crippen LogP contribution is -2.32. The van der Waals surface area contributed by atoms with E-state index in [-0.39, 0.29) is 17.9 Å². The maximum atomic E-state index is 12.6. The van der Waals surface area contributed by atoms with E-state index in [1.807, 2.05) is 25.1 Å². The van der Waals surface area contributed by atoms with Crippen LogP contribution in [0.1, 0.15) is 37.3 Å². The van der Waals surface area contributed by atoms with Gasteiger partial charge in [0.05, 0.1) is 17.3 Å². The number of nitrogens with zero attached hydrogens (tertiary/aromatic N) is 2. The van der Waals surface area contributed by atoms with Gasteiger partial charge in [-0.15, -0.1) is 0 Å². The van der Waals surface area contributed by atoms with Crippen LogP contribution in [0.5, 0.6) is 0 Å². The topological polar surface area (TPSA) is 90.1 Å². The number of ether oxygens (including phenoxy) is 1. The lowest BCUT2D eigenvalue weighted by atomic mass is 9.98. The summed E-state index contributed by atoms with van der Waals surface area (Å²) in [4.78, 5) is 21.6. The van der Waals surface area contributed by atoms with Crippen molar-refractivity contribution in [2.75, 3.05) is 18.9 Å². The number of carbonyl (C=O) groups excluding carboxylic acids is 1. The number of rotatable bonds is 7. The molecule has 4 rings (SSSR count). The molecule has 1 aliphatic rings. The molecule has 3 aromatic rings. The predicted octanol–water partition coefficient (Wildman–Crippen LogP) is 4.05. The first-order valence-electron chi connectivity index (χ1n) is 11.0. The van der Waals surface area contributed by atoms with Crippen molar-refractivity contribution in [1.82, 2.24) is 15.3 Å². The molecule has 1 fully saturated rings. The number of anilines is 1. The molecule has 2 aromatic heterocycles. The van der Waals surface area contributed by atoms with E-state index in [4.69, 9.17) is 10.5 Å². The highest BCUT2D eigenvalue weighted by Crippen LogP contribution is 2.27. The summed E-state index contributed by atoms with van der Waals surface area (Å²) in [6.07, 6.45) is 5.71. The monoisotopic (exact) mass is 418 g/mol. The van der Waals surface area contributed by atoms with Crippen LogP contribution >= 0.6 is 0 Å². The van der Waals surface area contributed by atoms with Crippen molar-refractivity contribution >= 4 is 22.6 Å². The Hall–Kier alpha value is -2.99. The number of nitrogens with two attached hydrogens (primary N) is 1. The number of amides is 1. The minimum absolute atomic E-state index is 0.0374. The fourth-order valence-electron chi connectivity index (χ4n) is 4.16. The van der Waals surface area contributed by atoms with Crippen LogP contribution in [0, 0.1) is 12.8 Å². The summed E-state index contributed by atoms with van der Waals surface area (Å²) in [7, 11) is 0. The average Bonchev–Trinajstić information content (AvgIpc) is 3.28. The minimum Gasteiger partial charge on any atom is -0.383 e. The van der Waals surface area contributed by atoms with E-state index >= 15 is 0 Å². The Bertz CT molecular complexity index is 1080. The van der Waals surface area contributed by atoms with Crippen molar-refractivity contribution < 1.29 is 9.53 Å². The molecule has 0 aliphatic carbocycles. The van der Waals surface area contributed by atoms with Crippen LogP contribution in [0.15, 0.2) is 42.6 Å². The number of nitrogen functional groups attached to an aromatic ring is 1. The number of fused-ring (bicyclic) bond motifs is 1. The maximum Gasteiger partial charge on any atom is 0.223 e. The Labute approximate surface area is 183 Å². The average molecular weight is 419 g/mol. The smallest absolute Gasteiger partial charge is 0.223 e. The van der Waals surface area contributed by atoms with E-state index in [1.165, 1.54) is 0 Å². The van der Waals surface area contributed by atoms with Gasteiger partial charge in [0.25, 0.3) is 0 Å². The minimum atomic E-state index is -0.188. The first kappa shape index (κ1) is 21.2. The Morgan fingerprint density at radius 3 is 2.97 bits per heavy atom. The first-order valence-corrected chi connectivity index (χ1v) is 11.0. The zero-order valence-corrected chi connectivity index (χ0v) is 18.2. The highest BCUT2D eigenvalue weighted by atomic mass is 16.5. The summed E-state index contributed by atoms with van der Waals surface area (Å²) in [5.41, 5.74) is 11.1. The lowest BCUT2D eigenvalue weighted by Gasteiger charge is -2.15. The van der Waals surface area contributed by atoms with Crippen LogP contribution in [0.25, 0.3) is 22.2 Å². The molecule has 2 atom stereocenters. The molecule has 0 saturated carbocycles. The summed E-state index contributed by atoms with van der Waals surface area (Å²) in [5, 5.41) is 4.03. The third kappa shape index (κ3) is 5.02. The number of benzene rings is 1. The molecule has 3 N–H and O–H groups in total. The molecule has 1 saturated heterocycles. The molecule has 0 radical (unpaired) electrons. The van der Waals surface area contributed by atoms with Gasteiger partial charge in [0.15, 0.2) is 0 Å². The second kappa shape index (κ2) is 9.43. The number of aryl methyl sites for hydroxylation is 1. The van der Waals surface area contributed by atoms with Gasteiger partial charge < -0.3 is 15.8 Å². The largest absolute Gasteiger partial charge is 0.383 e. The number of hydrogen-bond donors (Lipinski definition) is 2. The van der Waals surface area contributed by atoms with E-state index in [9.17, 15) is 4.79 Å². The van der Waals surface area contributed by atoms with Gasteiger partial charge in [-0.2, -0.15) is 0 Å². The standard InChI is InChI=1S/C25H30N4O2/c1-16-5-3-10-27-23(16)18-7-8-22-19(14-18)15-20(24(26)29-22)13-17(2)25(30)28-11-9-21-6-4-12-31-21/h3,5,7-8,10,14-15,17,21H,4,6,9,11-13H2,1-2H3,(H2,26,29)(H,28,30). The highest BCUT2D eigenvalue weighted by Gasteiger charge is 2.18. The van der Waals surface area contributed by atoms with Crippen molar-refractivity contribution in [1.29, 1.82) is 0 Å². The second-order valence-electron chi connectivity index (χ2n) is 8.43. The summed E-state index contributed by atoms with van der Waals surface area (Å²) >= 11 is 0. The van der Waals surface area contributed by atoms with Crippen LogP contribution in [0.2, 0.25) is 0 Å². The van der Waals surface area contributed by atoms with E-state index in [1.54, 1.807) is 6.20 Å². The first-order chi connectivity index (χ1) is 15.0. The molecular formula is C25H30N4O2. The molecule has 1 amide bonds. The van der Waals surface area contributed by atoms with E-state index in [0.29, 0.717) is 18.8 Å². The molecular weight excluding hydrogens is 388 g/mol. The van der Waals surface area contributed by atoms with Crippen LogP contribution < -0.4 is 11.1 Å². The fraction of sp³-hybridized carbons (Fsp3) is 0.400. The van der Waals surface area contributed by atoms with Gasteiger partial charge in [0, 0.05) is 36.2 Å². The highest BCUT2D eigenvalue weighted by molar-refractivity contribution is 5.86. The van der Waals surface area contributed by atoms with Crippen LogP contribution in [-0.4, -0.2) is 35.1 Å². The van der Waals surface area contributed by atoms with Crippen LogP contribution in [0.3, 0.4) is 0 Å². The van der Waals surface area contributed by atoms with E-state index < -0.39 is 0 Å². The molecule has 6 nitrogen and oxygen atoms in total. The molecule has 6 heteroatoms. The van der Waals surface area contributed by atoms with Crippen LogP contribution in [-0.2, 0) is 16.0 Å². The van der Waals surface area contributed by atoms with E-state index in [2.05, 4.69) is 40.4 Å². The van der Waals surface area contributed by atoms with Gasteiger partial charge >= 0.3 is 0 Å². The maximum absolute atomic E-state index is 12.6. The summed E-state index contributed by atoms with van der Waals surface area (Å²) < 4.78 is 5.62. The molecule has 31 heavy (non-hydrogen) atoms. The summed E-state index contributed by atoms with van der Waals surface area (Å²) in [6.45, 7) is 5.47. The Morgan fingerprint density at radius 2 is 2.19 bits per heavy atom. The quantitative estimate of drug-likeness (QED) is 0.604. The summed E-state index contributed by atoms with van der Waals surface area (Å²) in [5.74, 6) is 0.330. The van der Waals surface area contributed by atoms with Gasteiger partial charge in [-0.25, -0.2) is 4.98 Å². The number of pyridine rings is 2. The molecule has 0 spiro atoms. The SMILES string of the molecule is Cc1cccnc1-c1ccc2nc(N)c(CC(C)C(=O)NCCC3CCCO3)cc2c1. The van der Waals surface area contributed by atoms with Crippen molar-refractivity contribution in [3.8, 4) is 11.3 Å². The molecule has 162 valence electrons. The van der Waals surface area contributed by atoms with Gasteiger partial charge in [-0.1, -0.05) is 19.1 Å². The normalized spacial score (nSPS) is 17.0. The Morgan fingerprint density at radius 1 is 1.32 bits per heavy atom. The number of hydrogen-bond acceptors (Lipinski definition) is 5. The third-order valence-corrected chi connectivity index (χ3v) is 5.97.